The number of nitrogens with zero attached hydrogens (tertiary/aromatic N) is 1. The molecule has 2 aliphatic rings. The molecule has 2 bridgehead atoms. The van der Waals surface area contributed by atoms with E-state index in [4.69, 9.17) is 0 Å². The molecule has 2 atom stereocenters. The largest absolute Gasteiger partial charge is 0.311 e. The lowest BCUT2D eigenvalue weighted by molar-refractivity contribution is -0.385. The van der Waals surface area contributed by atoms with Crippen LogP contribution in [0.4, 0.5) is 5.69 Å². The van der Waals surface area contributed by atoms with Crippen LogP contribution in [0.3, 0.4) is 0 Å². The molecule has 2 unspecified atom stereocenters. The third kappa shape index (κ3) is 2.99. The van der Waals surface area contributed by atoms with Crippen LogP contribution >= 0.6 is 0 Å². The molecule has 0 aromatic heterocycles. The molecule has 2 fully saturated rings. The standard InChI is InChI=1S/C14H19N3O4S/c1-9-6-13(4-5-14(9)17(18)19)22(20,21)16-12-7-10-2-3-11(8-12)15-10/h4-6,10-12,15-16H,2-3,7-8H2,1H3. The molecule has 120 valence electrons. The highest BCUT2D eigenvalue weighted by Gasteiger charge is 2.35. The highest BCUT2D eigenvalue weighted by Crippen LogP contribution is 2.28. The number of rotatable bonds is 4. The smallest absolute Gasteiger partial charge is 0.272 e. The van der Waals surface area contributed by atoms with Crippen molar-refractivity contribution in [2.75, 3.05) is 0 Å². The second-order valence-electron chi connectivity index (χ2n) is 6.13. The van der Waals surface area contributed by atoms with Gasteiger partial charge in [-0.1, -0.05) is 0 Å². The van der Waals surface area contributed by atoms with Gasteiger partial charge in [0.1, 0.15) is 0 Å². The Morgan fingerprint density at radius 2 is 1.91 bits per heavy atom. The third-order valence-electron chi connectivity index (χ3n) is 4.47. The van der Waals surface area contributed by atoms with Crippen molar-refractivity contribution in [3.8, 4) is 0 Å². The minimum Gasteiger partial charge on any atom is -0.311 e. The zero-order valence-electron chi connectivity index (χ0n) is 12.3. The van der Waals surface area contributed by atoms with Gasteiger partial charge in [-0.2, -0.15) is 0 Å². The van der Waals surface area contributed by atoms with Crippen molar-refractivity contribution in [1.29, 1.82) is 0 Å². The van der Waals surface area contributed by atoms with Gasteiger partial charge in [-0.25, -0.2) is 13.1 Å². The molecule has 2 saturated heterocycles. The van der Waals surface area contributed by atoms with Crippen LogP contribution in [0.15, 0.2) is 23.1 Å². The number of sulfonamides is 1. The van der Waals surface area contributed by atoms with E-state index in [2.05, 4.69) is 10.0 Å². The molecule has 1 aromatic carbocycles. The molecule has 0 radical (unpaired) electrons. The average molecular weight is 325 g/mol. The molecular formula is C14H19N3O4S. The van der Waals surface area contributed by atoms with Crippen molar-refractivity contribution in [3.63, 3.8) is 0 Å². The summed E-state index contributed by atoms with van der Waals surface area (Å²) in [7, 11) is -3.64. The maximum Gasteiger partial charge on any atom is 0.272 e. The number of aryl methyl sites for hydroxylation is 1. The third-order valence-corrected chi connectivity index (χ3v) is 5.99. The minimum absolute atomic E-state index is 0.0701. The van der Waals surface area contributed by atoms with E-state index in [1.165, 1.54) is 18.2 Å². The fourth-order valence-corrected chi connectivity index (χ4v) is 4.79. The van der Waals surface area contributed by atoms with Gasteiger partial charge in [0.05, 0.1) is 9.82 Å². The molecule has 3 rings (SSSR count). The molecule has 0 aliphatic carbocycles. The molecule has 1 aromatic rings. The second kappa shape index (κ2) is 5.60. The zero-order chi connectivity index (χ0) is 15.9. The molecule has 0 amide bonds. The Kier molecular flexibility index (Phi) is 3.92. The van der Waals surface area contributed by atoms with Crippen LogP contribution in [0, 0.1) is 17.0 Å². The molecular weight excluding hydrogens is 306 g/mol. The zero-order valence-corrected chi connectivity index (χ0v) is 13.1. The molecule has 2 N–H and O–H groups in total. The summed E-state index contributed by atoms with van der Waals surface area (Å²) in [5, 5.41) is 14.3. The monoisotopic (exact) mass is 325 g/mol. The Morgan fingerprint density at radius 3 is 2.45 bits per heavy atom. The van der Waals surface area contributed by atoms with E-state index < -0.39 is 14.9 Å². The van der Waals surface area contributed by atoms with Gasteiger partial charge in [-0.05, 0) is 44.7 Å². The van der Waals surface area contributed by atoms with Gasteiger partial charge in [-0.3, -0.25) is 10.1 Å². The van der Waals surface area contributed by atoms with E-state index in [0.717, 1.165) is 25.7 Å². The van der Waals surface area contributed by atoms with Crippen LogP contribution in [0.5, 0.6) is 0 Å². The van der Waals surface area contributed by atoms with Crippen LogP contribution in [0.25, 0.3) is 0 Å². The summed E-state index contributed by atoms with van der Waals surface area (Å²) in [6.07, 6.45) is 3.78. The Labute approximate surface area is 129 Å². The van der Waals surface area contributed by atoms with Crippen molar-refractivity contribution in [2.24, 2.45) is 0 Å². The van der Waals surface area contributed by atoms with Crippen LogP contribution in [-0.4, -0.2) is 31.5 Å². The van der Waals surface area contributed by atoms with Crippen molar-refractivity contribution in [1.82, 2.24) is 10.0 Å². The number of nitro benzene ring substituents is 1. The average Bonchev–Trinajstić information content (AvgIpc) is 2.77. The predicted molar refractivity (Wildman–Crippen MR) is 81.1 cm³/mol. The van der Waals surface area contributed by atoms with Gasteiger partial charge in [0.25, 0.3) is 5.69 Å². The first-order valence-electron chi connectivity index (χ1n) is 7.38. The first-order chi connectivity index (χ1) is 10.3. The van der Waals surface area contributed by atoms with E-state index in [1.807, 2.05) is 0 Å². The van der Waals surface area contributed by atoms with E-state index in [-0.39, 0.29) is 16.6 Å². The number of piperidine rings is 1. The van der Waals surface area contributed by atoms with Crippen LogP contribution in [-0.2, 0) is 10.0 Å². The van der Waals surface area contributed by atoms with Gasteiger partial charge in [0.15, 0.2) is 0 Å². The Balaban J connectivity index is 1.78. The van der Waals surface area contributed by atoms with Gasteiger partial charge in [0, 0.05) is 29.8 Å². The number of benzene rings is 1. The lowest BCUT2D eigenvalue weighted by atomic mass is 10.0. The van der Waals surface area contributed by atoms with E-state index in [9.17, 15) is 18.5 Å². The topological polar surface area (TPSA) is 101 Å². The molecule has 22 heavy (non-hydrogen) atoms. The number of nitrogens with one attached hydrogen (secondary N) is 2. The number of nitro groups is 1. The second-order valence-corrected chi connectivity index (χ2v) is 7.85. The Morgan fingerprint density at radius 1 is 1.27 bits per heavy atom. The molecule has 2 heterocycles. The van der Waals surface area contributed by atoms with Crippen molar-refractivity contribution in [3.05, 3.63) is 33.9 Å². The first kappa shape index (κ1) is 15.4. The molecule has 0 saturated carbocycles. The van der Waals surface area contributed by atoms with Crippen molar-refractivity contribution in [2.45, 2.75) is 55.6 Å². The number of fused-ring (bicyclic) bond motifs is 2. The first-order valence-corrected chi connectivity index (χ1v) is 8.87. The van der Waals surface area contributed by atoms with Crippen molar-refractivity contribution < 1.29 is 13.3 Å². The molecule has 8 heteroatoms. The predicted octanol–water partition coefficient (Wildman–Crippen LogP) is 1.46. The summed E-state index contributed by atoms with van der Waals surface area (Å²) in [6, 6.07) is 4.62. The molecule has 2 aliphatic heterocycles. The fraction of sp³-hybridized carbons (Fsp3) is 0.571. The molecule has 0 spiro atoms. The van der Waals surface area contributed by atoms with E-state index >= 15 is 0 Å². The highest BCUT2D eigenvalue weighted by molar-refractivity contribution is 7.89. The van der Waals surface area contributed by atoms with Gasteiger partial charge < -0.3 is 5.32 Å². The maximum atomic E-state index is 12.5. The Bertz CT molecular complexity index is 692. The van der Waals surface area contributed by atoms with Crippen LogP contribution in [0.2, 0.25) is 0 Å². The van der Waals surface area contributed by atoms with E-state index in [1.54, 1.807) is 6.92 Å². The fourth-order valence-electron chi connectivity index (χ4n) is 3.44. The van der Waals surface area contributed by atoms with Crippen LogP contribution < -0.4 is 10.0 Å². The number of hydrogen-bond donors (Lipinski definition) is 2. The summed E-state index contributed by atoms with van der Waals surface area (Å²) in [4.78, 5) is 10.4. The van der Waals surface area contributed by atoms with Gasteiger partial charge >= 0.3 is 0 Å². The summed E-state index contributed by atoms with van der Waals surface area (Å²) in [5.74, 6) is 0. The van der Waals surface area contributed by atoms with Gasteiger partial charge in [-0.15, -0.1) is 0 Å². The SMILES string of the molecule is Cc1cc(S(=O)(=O)NC2CC3CCC(C2)N3)ccc1[N+](=O)[O-]. The Hall–Kier alpha value is -1.51. The van der Waals surface area contributed by atoms with Crippen molar-refractivity contribution >= 4 is 15.7 Å². The maximum absolute atomic E-state index is 12.5. The summed E-state index contributed by atoms with van der Waals surface area (Å²) < 4.78 is 27.7. The van der Waals surface area contributed by atoms with Crippen LogP contribution in [0.1, 0.15) is 31.2 Å². The summed E-state index contributed by atoms with van der Waals surface area (Å²) in [6.45, 7) is 1.54. The number of hydrogen-bond acceptors (Lipinski definition) is 5. The normalized spacial score (nSPS) is 27.8. The minimum atomic E-state index is -3.64. The quantitative estimate of drug-likeness (QED) is 0.645. The summed E-state index contributed by atoms with van der Waals surface area (Å²) in [5.41, 5.74) is 0.275. The summed E-state index contributed by atoms with van der Waals surface area (Å²) >= 11 is 0. The molecule has 7 nitrogen and oxygen atoms in total. The lowest BCUT2D eigenvalue weighted by Gasteiger charge is -2.29. The highest BCUT2D eigenvalue weighted by atomic mass is 32.2. The van der Waals surface area contributed by atoms with E-state index in [0.29, 0.717) is 17.6 Å². The lowest BCUT2D eigenvalue weighted by Crippen LogP contribution is -2.47. The van der Waals surface area contributed by atoms with Gasteiger partial charge in [0.2, 0.25) is 10.0 Å².